The number of carbonyl (C=O) groups excluding carboxylic acids is 1. The van der Waals surface area contributed by atoms with E-state index in [1.165, 1.54) is 24.3 Å². The minimum Gasteiger partial charge on any atom is -0.363 e. The maximum Gasteiger partial charge on any atom is 0.255 e. The summed E-state index contributed by atoms with van der Waals surface area (Å²) in [6, 6.07) is 14.9. The molecule has 30 heavy (non-hydrogen) atoms. The predicted octanol–water partition coefficient (Wildman–Crippen LogP) is 4.48. The van der Waals surface area contributed by atoms with Crippen LogP contribution >= 0.6 is 0 Å². The minimum atomic E-state index is -0.386. The van der Waals surface area contributed by atoms with Crippen LogP contribution in [0.15, 0.2) is 48.5 Å². The molecule has 0 bridgehead atoms. The standard InChI is InChI=1S/C23H22FN5O/c1-3-19-20(13-25)22(29-28-21(19)4-2)26-14-15-5-11-18(12-6-15)27-23(30)16-7-9-17(24)10-8-16/h5-12H,3-4,14H2,1-2H3,(H,26,29)(H,27,30). The highest BCUT2D eigenvalue weighted by Gasteiger charge is 2.14. The van der Waals surface area contributed by atoms with Crippen molar-refractivity contribution >= 4 is 17.4 Å². The molecule has 0 saturated heterocycles. The summed E-state index contributed by atoms with van der Waals surface area (Å²) in [5, 5.41) is 23.9. The smallest absolute Gasteiger partial charge is 0.255 e. The van der Waals surface area contributed by atoms with Crippen molar-refractivity contribution in [2.24, 2.45) is 0 Å². The van der Waals surface area contributed by atoms with Gasteiger partial charge in [0.2, 0.25) is 0 Å². The maximum absolute atomic E-state index is 13.0. The molecule has 0 unspecified atom stereocenters. The Morgan fingerprint density at radius 2 is 1.73 bits per heavy atom. The SMILES string of the molecule is CCc1nnc(NCc2ccc(NC(=O)c3ccc(F)cc3)cc2)c(C#N)c1CC. The molecule has 152 valence electrons. The van der Waals surface area contributed by atoms with Gasteiger partial charge < -0.3 is 10.6 Å². The van der Waals surface area contributed by atoms with Crippen LogP contribution in [0.1, 0.15) is 46.6 Å². The topological polar surface area (TPSA) is 90.7 Å². The van der Waals surface area contributed by atoms with Gasteiger partial charge in [-0.1, -0.05) is 26.0 Å². The Morgan fingerprint density at radius 3 is 2.33 bits per heavy atom. The first-order valence-corrected chi connectivity index (χ1v) is 9.74. The zero-order chi connectivity index (χ0) is 21.5. The Morgan fingerprint density at radius 1 is 1.03 bits per heavy atom. The second-order valence-corrected chi connectivity index (χ2v) is 6.68. The van der Waals surface area contributed by atoms with E-state index in [0.717, 1.165) is 29.7 Å². The molecule has 0 saturated carbocycles. The number of anilines is 2. The van der Waals surface area contributed by atoms with Crippen molar-refractivity contribution < 1.29 is 9.18 Å². The molecule has 0 radical (unpaired) electrons. The molecule has 0 fully saturated rings. The zero-order valence-corrected chi connectivity index (χ0v) is 16.9. The number of nitriles is 1. The van der Waals surface area contributed by atoms with Gasteiger partial charge in [0.25, 0.3) is 5.91 Å². The first kappa shape index (κ1) is 20.9. The Labute approximate surface area is 174 Å². The quantitative estimate of drug-likeness (QED) is 0.607. The van der Waals surface area contributed by atoms with Crippen LogP contribution in [0.3, 0.4) is 0 Å². The molecular formula is C23H22FN5O. The normalized spacial score (nSPS) is 10.3. The summed E-state index contributed by atoms with van der Waals surface area (Å²) in [6.45, 7) is 4.46. The van der Waals surface area contributed by atoms with Gasteiger partial charge in [0.05, 0.1) is 5.69 Å². The first-order chi connectivity index (χ1) is 14.5. The molecule has 1 heterocycles. The molecule has 7 heteroatoms. The van der Waals surface area contributed by atoms with E-state index < -0.39 is 0 Å². The number of aryl methyl sites for hydroxylation is 1. The molecule has 1 amide bonds. The van der Waals surface area contributed by atoms with Gasteiger partial charge >= 0.3 is 0 Å². The van der Waals surface area contributed by atoms with Crippen LogP contribution in [0, 0.1) is 17.1 Å². The fourth-order valence-electron chi connectivity index (χ4n) is 3.11. The molecule has 0 spiro atoms. The molecule has 0 atom stereocenters. The van der Waals surface area contributed by atoms with Gasteiger partial charge in [-0.05, 0) is 60.4 Å². The van der Waals surface area contributed by atoms with Crippen molar-refractivity contribution in [3.63, 3.8) is 0 Å². The zero-order valence-electron chi connectivity index (χ0n) is 16.9. The van der Waals surface area contributed by atoms with E-state index in [0.29, 0.717) is 29.2 Å². The third kappa shape index (κ3) is 4.78. The Kier molecular flexibility index (Phi) is 6.71. The third-order valence-electron chi connectivity index (χ3n) is 4.74. The number of hydrogen-bond acceptors (Lipinski definition) is 5. The average molecular weight is 403 g/mol. The fraction of sp³-hybridized carbons (Fsp3) is 0.217. The molecule has 1 aromatic heterocycles. The van der Waals surface area contributed by atoms with E-state index in [1.54, 1.807) is 12.1 Å². The Hall–Kier alpha value is -3.79. The monoisotopic (exact) mass is 403 g/mol. The highest BCUT2D eigenvalue weighted by atomic mass is 19.1. The van der Waals surface area contributed by atoms with E-state index in [9.17, 15) is 14.4 Å². The molecule has 0 aliphatic carbocycles. The van der Waals surface area contributed by atoms with Crippen molar-refractivity contribution in [1.82, 2.24) is 10.2 Å². The number of amides is 1. The summed E-state index contributed by atoms with van der Waals surface area (Å²) < 4.78 is 13.0. The van der Waals surface area contributed by atoms with Gasteiger partial charge in [-0.25, -0.2) is 4.39 Å². The van der Waals surface area contributed by atoms with Crippen molar-refractivity contribution in [1.29, 1.82) is 5.26 Å². The molecular weight excluding hydrogens is 381 g/mol. The van der Waals surface area contributed by atoms with Crippen LogP contribution in [0.25, 0.3) is 0 Å². The largest absolute Gasteiger partial charge is 0.363 e. The van der Waals surface area contributed by atoms with Gasteiger partial charge in [0.15, 0.2) is 5.82 Å². The molecule has 3 rings (SSSR count). The highest BCUT2D eigenvalue weighted by Crippen LogP contribution is 2.21. The summed E-state index contributed by atoms with van der Waals surface area (Å²) in [5.74, 6) is -0.221. The van der Waals surface area contributed by atoms with Crippen LogP contribution in [0.4, 0.5) is 15.9 Å². The second-order valence-electron chi connectivity index (χ2n) is 6.68. The number of nitrogens with one attached hydrogen (secondary N) is 2. The second kappa shape index (κ2) is 9.61. The molecule has 3 aromatic rings. The van der Waals surface area contributed by atoms with Crippen molar-refractivity contribution in [2.75, 3.05) is 10.6 Å². The van der Waals surface area contributed by atoms with Gasteiger partial charge in [0, 0.05) is 17.8 Å². The molecule has 6 nitrogen and oxygen atoms in total. The highest BCUT2D eigenvalue weighted by molar-refractivity contribution is 6.04. The van der Waals surface area contributed by atoms with Crippen molar-refractivity contribution in [3.8, 4) is 6.07 Å². The Bertz CT molecular complexity index is 1070. The lowest BCUT2D eigenvalue weighted by molar-refractivity contribution is 0.102. The number of carbonyl (C=O) groups is 1. The predicted molar refractivity (Wildman–Crippen MR) is 114 cm³/mol. The number of aromatic nitrogens is 2. The number of hydrogen-bond donors (Lipinski definition) is 2. The van der Waals surface area contributed by atoms with Crippen LogP contribution in [-0.4, -0.2) is 16.1 Å². The lowest BCUT2D eigenvalue weighted by Crippen LogP contribution is -2.12. The lowest BCUT2D eigenvalue weighted by atomic mass is 10.0. The number of benzene rings is 2. The van der Waals surface area contributed by atoms with Gasteiger partial charge in [-0.2, -0.15) is 10.4 Å². The number of halogens is 1. The van der Waals surface area contributed by atoms with E-state index in [2.05, 4.69) is 26.9 Å². The van der Waals surface area contributed by atoms with E-state index in [-0.39, 0.29) is 11.7 Å². The summed E-state index contributed by atoms with van der Waals surface area (Å²) in [4.78, 5) is 12.2. The summed E-state index contributed by atoms with van der Waals surface area (Å²) >= 11 is 0. The summed E-state index contributed by atoms with van der Waals surface area (Å²) in [5.41, 5.74) is 4.28. The van der Waals surface area contributed by atoms with E-state index in [4.69, 9.17) is 0 Å². The third-order valence-corrected chi connectivity index (χ3v) is 4.74. The van der Waals surface area contributed by atoms with E-state index >= 15 is 0 Å². The van der Waals surface area contributed by atoms with E-state index in [1.807, 2.05) is 26.0 Å². The van der Waals surface area contributed by atoms with Crippen LogP contribution in [-0.2, 0) is 19.4 Å². The molecule has 0 aliphatic rings. The van der Waals surface area contributed by atoms with Crippen LogP contribution in [0.2, 0.25) is 0 Å². The fourth-order valence-corrected chi connectivity index (χ4v) is 3.11. The molecule has 0 aliphatic heterocycles. The van der Waals surface area contributed by atoms with Gasteiger partial charge in [0.1, 0.15) is 17.4 Å². The summed E-state index contributed by atoms with van der Waals surface area (Å²) in [6.07, 6.45) is 1.45. The van der Waals surface area contributed by atoms with Gasteiger partial charge in [-0.15, -0.1) is 5.10 Å². The Balaban J connectivity index is 1.66. The average Bonchev–Trinajstić information content (AvgIpc) is 2.78. The van der Waals surface area contributed by atoms with Crippen LogP contribution in [0.5, 0.6) is 0 Å². The summed E-state index contributed by atoms with van der Waals surface area (Å²) in [7, 11) is 0. The number of rotatable bonds is 7. The first-order valence-electron chi connectivity index (χ1n) is 9.74. The van der Waals surface area contributed by atoms with Gasteiger partial charge in [-0.3, -0.25) is 4.79 Å². The van der Waals surface area contributed by atoms with Crippen molar-refractivity contribution in [3.05, 3.63) is 82.3 Å². The maximum atomic E-state index is 13.0. The lowest BCUT2D eigenvalue weighted by Gasteiger charge is -2.12. The molecule has 2 aromatic carbocycles. The number of nitrogens with zero attached hydrogens (tertiary/aromatic N) is 3. The van der Waals surface area contributed by atoms with Crippen molar-refractivity contribution in [2.45, 2.75) is 33.2 Å². The minimum absolute atomic E-state index is 0.307. The van der Waals surface area contributed by atoms with Crippen LogP contribution < -0.4 is 10.6 Å². The molecule has 2 N–H and O–H groups in total.